The zero-order valence-electron chi connectivity index (χ0n) is 12.4. The van der Waals surface area contributed by atoms with Crippen LogP contribution in [0.1, 0.15) is 40.1 Å². The van der Waals surface area contributed by atoms with Gasteiger partial charge in [0.05, 0.1) is 22.8 Å². The van der Waals surface area contributed by atoms with Crippen LogP contribution in [0.2, 0.25) is 0 Å². The molecule has 0 unspecified atom stereocenters. The molecule has 7 nitrogen and oxygen atoms in total. The molecule has 1 aromatic heterocycles. The van der Waals surface area contributed by atoms with E-state index in [2.05, 4.69) is 21.0 Å². The van der Waals surface area contributed by atoms with E-state index >= 15 is 0 Å². The van der Waals surface area contributed by atoms with Crippen LogP contribution in [-0.4, -0.2) is 32.6 Å². The fourth-order valence-electron chi connectivity index (χ4n) is 2.33. The molecule has 0 saturated carbocycles. The predicted octanol–water partition coefficient (Wildman–Crippen LogP) is 2.68. The molecule has 3 rings (SSSR count). The number of aromatic nitrogens is 2. The number of carbonyl (C=O) groups excluding carboxylic acids is 1. The molecule has 0 amide bonds. The summed E-state index contributed by atoms with van der Waals surface area (Å²) in [6.07, 6.45) is 2.65. The van der Waals surface area contributed by atoms with Crippen molar-refractivity contribution in [3.05, 3.63) is 45.7 Å². The topological polar surface area (TPSA) is 90.7 Å². The molecule has 1 aliphatic rings. The van der Waals surface area contributed by atoms with E-state index in [0.717, 1.165) is 0 Å². The van der Waals surface area contributed by atoms with Gasteiger partial charge in [-0.25, -0.2) is 9.59 Å². The van der Waals surface area contributed by atoms with Gasteiger partial charge in [-0.15, -0.1) is 0 Å². The maximum absolute atomic E-state index is 12.3. The largest absolute Gasteiger partial charge is 0.478 e. The van der Waals surface area contributed by atoms with Crippen molar-refractivity contribution in [1.29, 1.82) is 0 Å². The second kappa shape index (κ2) is 5.38. The third kappa shape index (κ3) is 2.94. The Labute approximate surface area is 139 Å². The van der Waals surface area contributed by atoms with E-state index in [1.807, 2.05) is 0 Å². The second-order valence-electron chi connectivity index (χ2n) is 5.53. The van der Waals surface area contributed by atoms with Crippen LogP contribution in [0, 0.1) is 0 Å². The fraction of sp³-hybridized carbons (Fsp3) is 0.267. The Hall–Kier alpha value is -2.35. The monoisotopic (exact) mass is 380 g/mol. The molecule has 0 fully saturated rings. The van der Waals surface area contributed by atoms with E-state index in [4.69, 9.17) is 14.6 Å². The molecule has 0 saturated heterocycles. The van der Waals surface area contributed by atoms with Crippen LogP contribution >= 0.6 is 15.9 Å². The van der Waals surface area contributed by atoms with Gasteiger partial charge in [-0.05, 0) is 27.6 Å². The van der Waals surface area contributed by atoms with Gasteiger partial charge in [0.25, 0.3) is 0 Å². The lowest BCUT2D eigenvalue weighted by Gasteiger charge is -2.33. The number of rotatable bonds is 3. The molecular formula is C15H13BrN2O5. The van der Waals surface area contributed by atoms with Gasteiger partial charge in [-0.1, -0.05) is 6.07 Å². The van der Waals surface area contributed by atoms with Crippen molar-refractivity contribution in [3.63, 3.8) is 0 Å². The van der Waals surface area contributed by atoms with Gasteiger partial charge in [0.15, 0.2) is 5.75 Å². The Bertz CT molecular complexity index is 812. The molecule has 23 heavy (non-hydrogen) atoms. The van der Waals surface area contributed by atoms with Crippen LogP contribution in [0.4, 0.5) is 0 Å². The Kier molecular flexibility index (Phi) is 3.63. The molecule has 2 aromatic rings. The quantitative estimate of drug-likeness (QED) is 0.823. The number of hydrogen-bond acceptors (Lipinski definition) is 5. The number of hydrogen-bond donors (Lipinski definition) is 1. The smallest absolute Gasteiger partial charge is 0.345 e. The summed E-state index contributed by atoms with van der Waals surface area (Å²) in [4.78, 5) is 23.2. The first kappa shape index (κ1) is 15.5. The van der Waals surface area contributed by atoms with Crippen molar-refractivity contribution in [2.45, 2.75) is 26.2 Å². The molecule has 0 aliphatic carbocycles. The number of cyclic esters (lactones) is 1. The number of aromatic carboxylic acids is 1. The summed E-state index contributed by atoms with van der Waals surface area (Å²) in [5.41, 5.74) is 1.02. The standard InChI is InChI=1S/C15H13BrN2O5/c1-15(2)22-12-10(16)4-3-8(11(12)14(21)23-15)6-18-7-9(5-17-18)13(19)20/h3-5,7H,6H2,1-2H3,(H,19,20). The summed E-state index contributed by atoms with van der Waals surface area (Å²) in [7, 11) is 0. The Morgan fingerprint density at radius 1 is 1.39 bits per heavy atom. The van der Waals surface area contributed by atoms with Crippen LogP contribution in [-0.2, 0) is 11.3 Å². The minimum absolute atomic E-state index is 0.0796. The van der Waals surface area contributed by atoms with Gasteiger partial charge in [0, 0.05) is 20.0 Å². The van der Waals surface area contributed by atoms with E-state index in [0.29, 0.717) is 21.3 Å². The number of ether oxygens (including phenoxy) is 2. The van der Waals surface area contributed by atoms with E-state index in [1.54, 1.807) is 26.0 Å². The lowest BCUT2D eigenvalue weighted by atomic mass is 10.0. The predicted molar refractivity (Wildman–Crippen MR) is 82.6 cm³/mol. The molecule has 0 atom stereocenters. The fourth-order valence-corrected chi connectivity index (χ4v) is 2.74. The highest BCUT2D eigenvalue weighted by atomic mass is 79.9. The minimum Gasteiger partial charge on any atom is -0.478 e. The maximum Gasteiger partial charge on any atom is 0.345 e. The van der Waals surface area contributed by atoms with Crippen LogP contribution in [0.25, 0.3) is 0 Å². The lowest BCUT2D eigenvalue weighted by molar-refractivity contribution is -0.127. The second-order valence-corrected chi connectivity index (χ2v) is 6.39. The summed E-state index contributed by atoms with van der Waals surface area (Å²) < 4.78 is 13.1. The van der Waals surface area contributed by atoms with Gasteiger partial charge in [0.2, 0.25) is 5.79 Å². The summed E-state index contributed by atoms with van der Waals surface area (Å²) >= 11 is 3.37. The van der Waals surface area contributed by atoms with Crippen LogP contribution in [0.15, 0.2) is 29.0 Å². The van der Waals surface area contributed by atoms with Gasteiger partial charge >= 0.3 is 11.9 Å². The zero-order valence-corrected chi connectivity index (χ0v) is 14.0. The highest BCUT2D eigenvalue weighted by Gasteiger charge is 2.36. The van der Waals surface area contributed by atoms with Crippen LogP contribution < -0.4 is 4.74 Å². The molecule has 0 spiro atoms. The van der Waals surface area contributed by atoms with Crippen molar-refractivity contribution in [2.24, 2.45) is 0 Å². The average Bonchev–Trinajstić information content (AvgIpc) is 2.89. The van der Waals surface area contributed by atoms with E-state index in [1.165, 1.54) is 17.1 Å². The van der Waals surface area contributed by atoms with Crippen molar-refractivity contribution < 1.29 is 24.2 Å². The number of esters is 1. The maximum atomic E-state index is 12.3. The molecule has 8 heteroatoms. The first-order chi connectivity index (χ1) is 10.8. The third-order valence-corrected chi connectivity index (χ3v) is 3.92. The molecule has 120 valence electrons. The van der Waals surface area contributed by atoms with Gasteiger partial charge in [0.1, 0.15) is 5.56 Å². The van der Waals surface area contributed by atoms with E-state index < -0.39 is 17.7 Å². The number of fused-ring (bicyclic) bond motifs is 1. The Balaban J connectivity index is 2.01. The minimum atomic E-state index is -1.06. The van der Waals surface area contributed by atoms with Crippen molar-refractivity contribution in [3.8, 4) is 5.75 Å². The lowest BCUT2D eigenvalue weighted by Crippen LogP contribution is -2.39. The number of carboxylic acids is 1. The normalized spacial score (nSPS) is 15.5. The Morgan fingerprint density at radius 3 is 2.78 bits per heavy atom. The summed E-state index contributed by atoms with van der Waals surface area (Å²) in [5.74, 6) is -2.18. The highest BCUT2D eigenvalue weighted by molar-refractivity contribution is 9.10. The summed E-state index contributed by atoms with van der Waals surface area (Å²) in [6.45, 7) is 3.53. The highest BCUT2D eigenvalue weighted by Crippen LogP contribution is 2.39. The Morgan fingerprint density at radius 2 is 2.13 bits per heavy atom. The van der Waals surface area contributed by atoms with Crippen LogP contribution in [0.3, 0.4) is 0 Å². The summed E-state index contributed by atoms with van der Waals surface area (Å²) in [5, 5.41) is 12.9. The third-order valence-electron chi connectivity index (χ3n) is 3.30. The van der Waals surface area contributed by atoms with Crippen LogP contribution in [0.5, 0.6) is 5.75 Å². The molecule has 1 N–H and O–H groups in total. The van der Waals surface area contributed by atoms with Crippen molar-refractivity contribution in [1.82, 2.24) is 9.78 Å². The average molecular weight is 381 g/mol. The van der Waals surface area contributed by atoms with E-state index in [9.17, 15) is 9.59 Å². The molecular weight excluding hydrogens is 368 g/mol. The molecule has 1 aromatic carbocycles. The number of carbonyl (C=O) groups is 2. The van der Waals surface area contributed by atoms with E-state index in [-0.39, 0.29) is 12.1 Å². The molecule has 1 aliphatic heterocycles. The van der Waals surface area contributed by atoms with Gasteiger partial charge in [-0.3, -0.25) is 4.68 Å². The number of benzene rings is 1. The SMILES string of the molecule is CC1(C)OC(=O)c2c(Cn3cc(C(=O)O)cn3)ccc(Br)c2O1. The molecule has 0 radical (unpaired) electrons. The number of carboxylic acid groups (broad SMARTS) is 1. The number of halogens is 1. The van der Waals surface area contributed by atoms with Crippen molar-refractivity contribution >= 4 is 27.9 Å². The number of nitrogens with zero attached hydrogens (tertiary/aromatic N) is 2. The first-order valence-corrected chi connectivity index (χ1v) is 7.55. The van der Waals surface area contributed by atoms with Gasteiger partial charge in [-0.2, -0.15) is 5.10 Å². The summed E-state index contributed by atoms with van der Waals surface area (Å²) in [6, 6.07) is 3.51. The first-order valence-electron chi connectivity index (χ1n) is 6.76. The van der Waals surface area contributed by atoms with Crippen molar-refractivity contribution in [2.75, 3.05) is 0 Å². The zero-order chi connectivity index (χ0) is 16.8. The molecule has 0 bridgehead atoms. The molecule has 2 heterocycles. The van der Waals surface area contributed by atoms with Gasteiger partial charge < -0.3 is 14.6 Å².